The number of ether oxygens (including phenoxy) is 3. The zero-order valence-corrected chi connectivity index (χ0v) is 20.6. The first-order valence-corrected chi connectivity index (χ1v) is 11.2. The Hall–Kier alpha value is -0.900. The number of unbranched alkanes of at least 4 members (excludes halogenated alkanes) is 1. The second kappa shape index (κ2) is 15.0. The van der Waals surface area contributed by atoms with E-state index in [0.717, 1.165) is 90.7 Å². The summed E-state index contributed by atoms with van der Waals surface area (Å²) < 4.78 is 17.6. The minimum absolute atomic E-state index is 0. The van der Waals surface area contributed by atoms with Crippen molar-refractivity contribution in [3.63, 3.8) is 0 Å². The van der Waals surface area contributed by atoms with E-state index in [4.69, 9.17) is 19.2 Å². The number of hydrogen-bond donors (Lipinski definition) is 1. The number of morpholine rings is 1. The summed E-state index contributed by atoms with van der Waals surface area (Å²) in [6.07, 6.45) is 5.72. The molecule has 3 rings (SSSR count). The highest BCUT2D eigenvalue weighted by Crippen LogP contribution is 2.21. The van der Waals surface area contributed by atoms with E-state index in [1.807, 2.05) is 6.07 Å². The van der Waals surface area contributed by atoms with Crippen LogP contribution in [0.2, 0.25) is 0 Å². The molecule has 0 spiro atoms. The lowest BCUT2D eigenvalue weighted by molar-refractivity contribution is -0.0817. The number of nitrogens with zero attached hydrogens (tertiary/aromatic N) is 2. The van der Waals surface area contributed by atoms with E-state index in [1.165, 1.54) is 5.56 Å². The van der Waals surface area contributed by atoms with Gasteiger partial charge in [-0.3, -0.25) is 4.99 Å². The van der Waals surface area contributed by atoms with E-state index in [9.17, 15) is 0 Å². The van der Waals surface area contributed by atoms with Crippen LogP contribution in [-0.4, -0.2) is 75.7 Å². The smallest absolute Gasteiger partial charge is 0.194 e. The summed E-state index contributed by atoms with van der Waals surface area (Å²) in [6.45, 7) is 8.77. The van der Waals surface area contributed by atoms with Gasteiger partial charge in [0.15, 0.2) is 5.96 Å². The third-order valence-corrected chi connectivity index (χ3v) is 5.44. The van der Waals surface area contributed by atoms with E-state index in [1.54, 1.807) is 0 Å². The van der Waals surface area contributed by atoms with Crippen molar-refractivity contribution in [2.75, 3.05) is 52.6 Å². The molecule has 2 fully saturated rings. The van der Waals surface area contributed by atoms with E-state index >= 15 is 0 Å². The number of benzene rings is 1. The van der Waals surface area contributed by atoms with Crippen LogP contribution in [0.5, 0.6) is 0 Å². The number of hydrogen-bond acceptors (Lipinski definition) is 4. The zero-order chi connectivity index (χ0) is 20.2. The minimum Gasteiger partial charge on any atom is -0.381 e. The van der Waals surface area contributed by atoms with E-state index in [2.05, 4.69) is 41.4 Å². The molecule has 1 aromatic rings. The first kappa shape index (κ1) is 25.4. The molecule has 6 nitrogen and oxygen atoms in total. The van der Waals surface area contributed by atoms with Crippen LogP contribution in [0.15, 0.2) is 35.3 Å². The molecular weight excluding hydrogens is 493 g/mol. The quantitative estimate of drug-likeness (QED) is 0.217. The second-order valence-corrected chi connectivity index (χ2v) is 7.70. The third-order valence-electron chi connectivity index (χ3n) is 5.44. The van der Waals surface area contributed by atoms with Crippen molar-refractivity contribution in [1.29, 1.82) is 0 Å². The molecule has 0 radical (unpaired) electrons. The predicted octanol–water partition coefficient (Wildman–Crippen LogP) is 3.49. The standard InChI is InChI=1S/C23H37N3O3.HI/c1-2-24-23(26-14-18-29-22(19-26)21-11-8-16-28-21)25-13-6-7-15-27-17-12-20-9-4-3-5-10-20;/h3-5,9-10,21-22H,2,6-8,11-19H2,1H3,(H,24,25);1H. The lowest BCUT2D eigenvalue weighted by Gasteiger charge is -2.37. The fraction of sp³-hybridized carbons (Fsp3) is 0.696. The fourth-order valence-corrected chi connectivity index (χ4v) is 3.85. The highest BCUT2D eigenvalue weighted by Gasteiger charge is 2.32. The first-order chi connectivity index (χ1) is 14.4. The molecule has 0 amide bonds. The van der Waals surface area contributed by atoms with Crippen molar-refractivity contribution in [2.45, 2.75) is 51.2 Å². The Morgan fingerprint density at radius 1 is 1.13 bits per heavy atom. The maximum atomic E-state index is 5.97. The molecule has 0 bridgehead atoms. The van der Waals surface area contributed by atoms with Crippen molar-refractivity contribution in [2.24, 2.45) is 4.99 Å². The summed E-state index contributed by atoms with van der Waals surface area (Å²) in [7, 11) is 0. The molecule has 30 heavy (non-hydrogen) atoms. The Balaban J connectivity index is 0.00000320. The minimum atomic E-state index is 0. The van der Waals surface area contributed by atoms with Gasteiger partial charge in [-0.05, 0) is 44.6 Å². The maximum Gasteiger partial charge on any atom is 0.194 e. The van der Waals surface area contributed by atoms with Crippen LogP contribution in [0.1, 0.15) is 38.2 Å². The van der Waals surface area contributed by atoms with Gasteiger partial charge in [0.25, 0.3) is 0 Å². The maximum absolute atomic E-state index is 5.97. The molecule has 2 aliphatic heterocycles. The molecule has 2 saturated heterocycles. The van der Waals surface area contributed by atoms with Gasteiger partial charge in [0.1, 0.15) is 6.10 Å². The van der Waals surface area contributed by atoms with Crippen LogP contribution in [0.4, 0.5) is 0 Å². The lowest BCUT2D eigenvalue weighted by Crippen LogP contribution is -2.53. The Labute approximate surface area is 198 Å². The zero-order valence-electron chi connectivity index (χ0n) is 18.3. The van der Waals surface area contributed by atoms with Crippen LogP contribution in [0.25, 0.3) is 0 Å². The highest BCUT2D eigenvalue weighted by molar-refractivity contribution is 14.0. The molecule has 0 saturated carbocycles. The van der Waals surface area contributed by atoms with E-state index < -0.39 is 0 Å². The molecule has 1 N–H and O–H groups in total. The van der Waals surface area contributed by atoms with Crippen molar-refractivity contribution in [1.82, 2.24) is 10.2 Å². The summed E-state index contributed by atoms with van der Waals surface area (Å²) in [4.78, 5) is 7.17. The fourth-order valence-electron chi connectivity index (χ4n) is 3.85. The summed E-state index contributed by atoms with van der Waals surface area (Å²) in [5.74, 6) is 1.00. The third kappa shape index (κ3) is 8.69. The molecule has 0 aliphatic carbocycles. The molecule has 0 aromatic heterocycles. The van der Waals surface area contributed by atoms with Crippen molar-refractivity contribution in [3.8, 4) is 0 Å². The Morgan fingerprint density at radius 3 is 2.73 bits per heavy atom. The first-order valence-electron chi connectivity index (χ1n) is 11.2. The van der Waals surface area contributed by atoms with Gasteiger partial charge in [-0.2, -0.15) is 0 Å². The van der Waals surface area contributed by atoms with Crippen LogP contribution >= 0.6 is 24.0 Å². The molecule has 7 heteroatoms. The van der Waals surface area contributed by atoms with Crippen LogP contribution in [-0.2, 0) is 20.6 Å². The number of guanidine groups is 1. The molecule has 1 aromatic carbocycles. The topological polar surface area (TPSA) is 55.3 Å². The van der Waals surface area contributed by atoms with Crippen molar-refractivity contribution < 1.29 is 14.2 Å². The molecule has 2 atom stereocenters. The largest absolute Gasteiger partial charge is 0.381 e. The molecule has 170 valence electrons. The average Bonchev–Trinajstić information content (AvgIpc) is 3.31. The monoisotopic (exact) mass is 531 g/mol. The number of nitrogens with one attached hydrogen (secondary N) is 1. The number of rotatable bonds is 10. The van der Waals surface area contributed by atoms with Gasteiger partial charge in [0.2, 0.25) is 0 Å². The Bertz CT molecular complexity index is 597. The molecular formula is C23H38IN3O3. The molecule has 2 unspecified atom stereocenters. The van der Waals surface area contributed by atoms with Gasteiger partial charge in [0.05, 0.1) is 19.3 Å². The van der Waals surface area contributed by atoms with E-state index in [0.29, 0.717) is 0 Å². The van der Waals surface area contributed by atoms with Gasteiger partial charge in [-0.25, -0.2) is 0 Å². The number of aliphatic imine (C=N–C) groups is 1. The van der Waals surface area contributed by atoms with Crippen LogP contribution in [0.3, 0.4) is 0 Å². The summed E-state index contributed by atoms with van der Waals surface area (Å²) in [5.41, 5.74) is 1.33. The lowest BCUT2D eigenvalue weighted by atomic mass is 10.1. The summed E-state index contributed by atoms with van der Waals surface area (Å²) in [6, 6.07) is 10.5. The predicted molar refractivity (Wildman–Crippen MR) is 132 cm³/mol. The Morgan fingerprint density at radius 2 is 1.97 bits per heavy atom. The van der Waals surface area contributed by atoms with Gasteiger partial charge in [0, 0.05) is 39.4 Å². The molecule has 2 heterocycles. The van der Waals surface area contributed by atoms with Crippen LogP contribution in [0, 0.1) is 0 Å². The van der Waals surface area contributed by atoms with Crippen LogP contribution < -0.4 is 5.32 Å². The normalized spacial score (nSPS) is 22.0. The summed E-state index contributed by atoms with van der Waals surface area (Å²) >= 11 is 0. The van der Waals surface area contributed by atoms with Crippen molar-refractivity contribution >= 4 is 29.9 Å². The van der Waals surface area contributed by atoms with E-state index in [-0.39, 0.29) is 36.2 Å². The highest BCUT2D eigenvalue weighted by atomic mass is 127. The number of halogens is 1. The summed E-state index contributed by atoms with van der Waals surface area (Å²) in [5, 5.41) is 3.44. The SMILES string of the molecule is CCNC(=NCCCCOCCc1ccccc1)N1CCOC(C2CCCO2)C1.I. The van der Waals surface area contributed by atoms with Gasteiger partial charge >= 0.3 is 0 Å². The Kier molecular flexibility index (Phi) is 12.7. The van der Waals surface area contributed by atoms with Gasteiger partial charge in [-0.1, -0.05) is 30.3 Å². The average molecular weight is 531 g/mol. The van der Waals surface area contributed by atoms with Gasteiger partial charge < -0.3 is 24.4 Å². The van der Waals surface area contributed by atoms with Gasteiger partial charge in [-0.15, -0.1) is 24.0 Å². The van der Waals surface area contributed by atoms with Crippen molar-refractivity contribution in [3.05, 3.63) is 35.9 Å². The molecule has 2 aliphatic rings. The second-order valence-electron chi connectivity index (χ2n) is 7.70.